The monoisotopic (exact) mass is 392 g/mol. The molecular weight excluding hydrogens is 368 g/mol. The van der Waals surface area contributed by atoms with E-state index in [1.807, 2.05) is 37.4 Å². The van der Waals surface area contributed by atoms with Crippen LogP contribution in [0.2, 0.25) is 0 Å². The number of fused-ring (bicyclic) bond motifs is 2. The number of carbonyl (C=O) groups excluding carboxylic acids is 1. The van der Waals surface area contributed by atoms with Gasteiger partial charge in [0.2, 0.25) is 0 Å². The molecule has 0 atom stereocenters. The number of nitrogens with one attached hydrogen (secondary N) is 2. The molecule has 29 heavy (non-hydrogen) atoms. The number of aromatic nitrogens is 3. The van der Waals surface area contributed by atoms with Gasteiger partial charge < -0.3 is 24.3 Å². The van der Waals surface area contributed by atoms with Crippen LogP contribution in [0, 0.1) is 0 Å². The zero-order valence-corrected chi connectivity index (χ0v) is 17.2. The fraction of sp³-hybridized carbons (Fsp3) is 0.273. The molecule has 0 saturated carbocycles. The summed E-state index contributed by atoms with van der Waals surface area (Å²) in [5, 5.41) is 3.81. The second-order valence-corrected chi connectivity index (χ2v) is 7.32. The Kier molecular flexibility index (Phi) is 4.66. The third-order valence-corrected chi connectivity index (χ3v) is 5.06. The van der Waals surface area contributed by atoms with Crippen molar-refractivity contribution in [3.63, 3.8) is 0 Å². The maximum absolute atomic E-state index is 12.8. The number of H-pyrrole nitrogens is 1. The normalized spacial score (nSPS) is 11.4. The predicted molar refractivity (Wildman–Crippen MR) is 114 cm³/mol. The van der Waals surface area contributed by atoms with Crippen molar-refractivity contribution in [1.82, 2.24) is 14.5 Å². The lowest BCUT2D eigenvalue weighted by Gasteiger charge is -2.06. The van der Waals surface area contributed by atoms with E-state index in [0.717, 1.165) is 27.8 Å². The summed E-state index contributed by atoms with van der Waals surface area (Å²) < 4.78 is 12.7. The number of imidazole rings is 1. The summed E-state index contributed by atoms with van der Waals surface area (Å²) >= 11 is 0. The van der Waals surface area contributed by atoms with Crippen molar-refractivity contribution in [1.29, 1.82) is 0 Å². The third-order valence-electron chi connectivity index (χ3n) is 5.06. The highest BCUT2D eigenvalue weighted by Gasteiger charge is 2.15. The van der Waals surface area contributed by atoms with E-state index in [4.69, 9.17) is 14.5 Å². The molecule has 0 bridgehead atoms. The molecule has 2 N–H and O–H groups in total. The minimum atomic E-state index is -0.224. The second kappa shape index (κ2) is 7.16. The first-order chi connectivity index (χ1) is 13.9. The van der Waals surface area contributed by atoms with Crippen molar-refractivity contribution >= 4 is 33.5 Å². The number of benzene rings is 2. The average molecular weight is 392 g/mol. The van der Waals surface area contributed by atoms with Gasteiger partial charge >= 0.3 is 0 Å². The lowest BCUT2D eigenvalue weighted by atomic mass is 10.2. The SMILES string of the molecule is COc1cc2cc(C(=O)Nc3ccc4c(c3)nc(C(C)C)n4C)[nH]c2cc1OC. The van der Waals surface area contributed by atoms with Crippen molar-refractivity contribution in [3.8, 4) is 11.5 Å². The van der Waals surface area contributed by atoms with Crippen molar-refractivity contribution in [2.75, 3.05) is 19.5 Å². The van der Waals surface area contributed by atoms with E-state index >= 15 is 0 Å². The van der Waals surface area contributed by atoms with E-state index < -0.39 is 0 Å². The van der Waals surface area contributed by atoms with Crippen LogP contribution in [0.5, 0.6) is 11.5 Å². The van der Waals surface area contributed by atoms with E-state index in [0.29, 0.717) is 28.8 Å². The molecule has 4 aromatic rings. The van der Waals surface area contributed by atoms with E-state index in [9.17, 15) is 4.79 Å². The smallest absolute Gasteiger partial charge is 0.272 e. The van der Waals surface area contributed by atoms with E-state index in [-0.39, 0.29) is 5.91 Å². The zero-order valence-electron chi connectivity index (χ0n) is 17.2. The number of anilines is 1. The Morgan fingerprint density at radius 1 is 1.10 bits per heavy atom. The number of carbonyl (C=O) groups is 1. The van der Waals surface area contributed by atoms with Gasteiger partial charge in [-0.3, -0.25) is 4.79 Å². The standard InChI is InChI=1S/C22H24N4O3/c1-12(2)21-25-16-10-14(6-7-18(16)26(21)3)23-22(27)17-8-13-9-19(28-4)20(29-5)11-15(13)24-17/h6-12,24H,1-5H3,(H,23,27). The van der Waals surface area contributed by atoms with E-state index in [1.54, 1.807) is 20.3 Å². The van der Waals surface area contributed by atoms with Gasteiger partial charge in [0.05, 0.1) is 25.3 Å². The number of aromatic amines is 1. The van der Waals surface area contributed by atoms with Gasteiger partial charge in [-0.2, -0.15) is 0 Å². The Morgan fingerprint density at radius 2 is 1.83 bits per heavy atom. The van der Waals surface area contributed by atoms with Gasteiger partial charge in [0.15, 0.2) is 11.5 Å². The van der Waals surface area contributed by atoms with Gasteiger partial charge in [0.25, 0.3) is 5.91 Å². The number of hydrogen-bond donors (Lipinski definition) is 2. The lowest BCUT2D eigenvalue weighted by Crippen LogP contribution is -2.12. The van der Waals surface area contributed by atoms with E-state index in [2.05, 4.69) is 28.7 Å². The Balaban J connectivity index is 1.63. The van der Waals surface area contributed by atoms with Gasteiger partial charge in [-0.05, 0) is 30.3 Å². The second-order valence-electron chi connectivity index (χ2n) is 7.32. The predicted octanol–water partition coefficient (Wildman–Crippen LogP) is 4.45. The summed E-state index contributed by atoms with van der Waals surface area (Å²) in [5.74, 6) is 2.34. The number of nitrogens with zero attached hydrogens (tertiary/aromatic N) is 2. The Labute approximate surface area is 168 Å². The highest BCUT2D eigenvalue weighted by atomic mass is 16.5. The number of ether oxygens (including phenoxy) is 2. The number of rotatable bonds is 5. The molecule has 0 aliphatic carbocycles. The maximum Gasteiger partial charge on any atom is 0.272 e. The molecule has 7 heteroatoms. The molecule has 0 radical (unpaired) electrons. The molecule has 0 unspecified atom stereocenters. The number of hydrogen-bond acceptors (Lipinski definition) is 4. The van der Waals surface area contributed by atoms with Crippen molar-refractivity contribution in [3.05, 3.63) is 47.9 Å². The van der Waals surface area contributed by atoms with Crippen molar-refractivity contribution in [2.45, 2.75) is 19.8 Å². The number of methoxy groups -OCH3 is 2. The van der Waals surface area contributed by atoms with Crippen LogP contribution >= 0.6 is 0 Å². The molecule has 150 valence electrons. The highest BCUT2D eigenvalue weighted by molar-refractivity contribution is 6.06. The maximum atomic E-state index is 12.8. The van der Waals surface area contributed by atoms with Crippen LogP contribution in [0.3, 0.4) is 0 Å². The first kappa shape index (κ1) is 18.9. The van der Waals surface area contributed by atoms with Gasteiger partial charge in [-0.25, -0.2) is 4.98 Å². The molecule has 2 heterocycles. The first-order valence-corrected chi connectivity index (χ1v) is 9.43. The fourth-order valence-corrected chi connectivity index (χ4v) is 3.59. The zero-order chi connectivity index (χ0) is 20.7. The lowest BCUT2D eigenvalue weighted by molar-refractivity contribution is 0.102. The molecular formula is C22H24N4O3. The van der Waals surface area contributed by atoms with Gasteiger partial charge in [-0.1, -0.05) is 13.8 Å². The Morgan fingerprint density at radius 3 is 2.52 bits per heavy atom. The van der Waals surface area contributed by atoms with Crippen LogP contribution in [0.15, 0.2) is 36.4 Å². The van der Waals surface area contributed by atoms with Crippen LogP contribution in [-0.2, 0) is 7.05 Å². The van der Waals surface area contributed by atoms with E-state index in [1.165, 1.54) is 0 Å². The van der Waals surface area contributed by atoms with Crippen LogP contribution < -0.4 is 14.8 Å². The topological polar surface area (TPSA) is 81.2 Å². The summed E-state index contributed by atoms with van der Waals surface area (Å²) in [6.45, 7) is 4.23. The van der Waals surface area contributed by atoms with Crippen molar-refractivity contribution < 1.29 is 14.3 Å². The average Bonchev–Trinajstić information content (AvgIpc) is 3.27. The molecule has 0 saturated heterocycles. The summed E-state index contributed by atoms with van der Waals surface area (Å²) in [5.41, 5.74) is 3.86. The van der Waals surface area contributed by atoms with Crippen molar-refractivity contribution in [2.24, 2.45) is 7.05 Å². The van der Waals surface area contributed by atoms with Crippen LogP contribution in [0.1, 0.15) is 36.1 Å². The highest BCUT2D eigenvalue weighted by Crippen LogP contribution is 2.32. The Bertz CT molecular complexity index is 1180. The summed E-state index contributed by atoms with van der Waals surface area (Å²) in [7, 11) is 5.18. The summed E-state index contributed by atoms with van der Waals surface area (Å²) in [4.78, 5) is 20.6. The number of aryl methyl sites for hydroxylation is 1. The molecule has 7 nitrogen and oxygen atoms in total. The number of amides is 1. The largest absolute Gasteiger partial charge is 0.493 e. The van der Waals surface area contributed by atoms with Gasteiger partial charge in [-0.15, -0.1) is 0 Å². The first-order valence-electron chi connectivity index (χ1n) is 9.43. The molecule has 2 aromatic heterocycles. The molecule has 0 aliphatic rings. The molecule has 0 spiro atoms. The summed E-state index contributed by atoms with van der Waals surface area (Å²) in [6.07, 6.45) is 0. The molecule has 0 aliphatic heterocycles. The molecule has 1 amide bonds. The summed E-state index contributed by atoms with van der Waals surface area (Å²) in [6, 6.07) is 11.2. The fourth-order valence-electron chi connectivity index (χ4n) is 3.59. The van der Waals surface area contributed by atoms with Gasteiger partial charge in [0.1, 0.15) is 11.5 Å². The minimum Gasteiger partial charge on any atom is -0.493 e. The van der Waals surface area contributed by atoms with Crippen LogP contribution in [-0.4, -0.2) is 34.7 Å². The van der Waals surface area contributed by atoms with Gasteiger partial charge in [0, 0.05) is 35.6 Å². The molecule has 0 fully saturated rings. The Hall–Kier alpha value is -3.48. The molecule has 4 rings (SSSR count). The minimum absolute atomic E-state index is 0.224. The third kappa shape index (κ3) is 3.29. The quantitative estimate of drug-likeness (QED) is 0.526. The van der Waals surface area contributed by atoms with Crippen LogP contribution in [0.4, 0.5) is 5.69 Å². The van der Waals surface area contributed by atoms with Crippen LogP contribution in [0.25, 0.3) is 21.9 Å². The molecule has 2 aromatic carbocycles.